The lowest BCUT2D eigenvalue weighted by molar-refractivity contribution is 0.0683. The maximum Gasteiger partial charge on any atom is 0.205 e. The Morgan fingerprint density at radius 1 is 1.00 bits per heavy atom. The van der Waals surface area contributed by atoms with Gasteiger partial charge in [-0.05, 0) is 25.0 Å². The summed E-state index contributed by atoms with van der Waals surface area (Å²) >= 11 is 0. The number of nitrogens with zero attached hydrogens (tertiary/aromatic N) is 1. The van der Waals surface area contributed by atoms with Crippen molar-refractivity contribution >= 4 is 0 Å². The summed E-state index contributed by atoms with van der Waals surface area (Å²) in [5.74, 6) is -2.35. The molecule has 4 rings (SSSR count). The van der Waals surface area contributed by atoms with Crippen LogP contribution in [-0.2, 0) is 4.74 Å². The number of ether oxygens (including phenoxy) is 1. The van der Waals surface area contributed by atoms with Crippen LogP contribution in [0.15, 0.2) is 18.2 Å². The molecule has 2 atom stereocenters. The van der Waals surface area contributed by atoms with Crippen molar-refractivity contribution in [1.29, 1.82) is 0 Å². The van der Waals surface area contributed by atoms with E-state index in [4.69, 9.17) is 4.74 Å². The third-order valence-corrected chi connectivity index (χ3v) is 4.02. The highest BCUT2D eigenvalue weighted by atomic mass is 19.2. The topological polar surface area (TPSA) is 54.6 Å². The van der Waals surface area contributed by atoms with Crippen LogP contribution < -0.4 is 0 Å². The molecule has 20 heavy (non-hydrogen) atoms. The second-order valence-electron chi connectivity index (χ2n) is 5.10. The summed E-state index contributed by atoms with van der Waals surface area (Å²) < 4.78 is 33.0. The maximum absolute atomic E-state index is 13.3. The Morgan fingerprint density at radius 2 is 1.60 bits per heavy atom. The molecule has 2 bridgehead atoms. The molecule has 4 nitrogen and oxygen atoms in total. The van der Waals surface area contributed by atoms with Gasteiger partial charge in [0.15, 0.2) is 11.6 Å². The Hall–Kier alpha value is -2.08. The SMILES string of the molecule is Oc1c2c(c(O)n1-c1ccc(F)c(F)c1)[C@H]1CC[C@@H]2O1. The van der Waals surface area contributed by atoms with Gasteiger partial charge in [0.25, 0.3) is 0 Å². The highest BCUT2D eigenvalue weighted by molar-refractivity contribution is 5.57. The molecular weight excluding hydrogens is 268 g/mol. The minimum absolute atomic E-state index is 0.171. The predicted molar refractivity (Wildman–Crippen MR) is 64.8 cm³/mol. The van der Waals surface area contributed by atoms with Gasteiger partial charge in [-0.15, -0.1) is 0 Å². The first-order chi connectivity index (χ1) is 9.58. The van der Waals surface area contributed by atoms with Crippen LogP contribution in [0.5, 0.6) is 11.8 Å². The smallest absolute Gasteiger partial charge is 0.205 e. The van der Waals surface area contributed by atoms with Gasteiger partial charge in [0, 0.05) is 6.07 Å². The molecular formula is C14H11F2NO3. The van der Waals surface area contributed by atoms with E-state index in [2.05, 4.69) is 0 Å². The predicted octanol–water partition coefficient (Wildman–Crippen LogP) is 3.07. The van der Waals surface area contributed by atoms with Crippen molar-refractivity contribution in [2.24, 2.45) is 0 Å². The van der Waals surface area contributed by atoms with Gasteiger partial charge in [0.1, 0.15) is 0 Å². The molecule has 6 heteroatoms. The second kappa shape index (κ2) is 3.73. The lowest BCUT2D eigenvalue weighted by Gasteiger charge is -2.10. The zero-order valence-electron chi connectivity index (χ0n) is 10.3. The fraction of sp³-hybridized carbons (Fsp3) is 0.286. The number of halogens is 2. The number of fused-ring (bicyclic) bond motifs is 5. The number of hydrogen-bond acceptors (Lipinski definition) is 3. The third-order valence-electron chi connectivity index (χ3n) is 4.02. The fourth-order valence-corrected chi connectivity index (χ4v) is 3.15. The zero-order chi connectivity index (χ0) is 14.0. The van der Waals surface area contributed by atoms with Gasteiger partial charge >= 0.3 is 0 Å². The van der Waals surface area contributed by atoms with Gasteiger partial charge in [0.05, 0.1) is 29.0 Å². The van der Waals surface area contributed by atoms with Crippen LogP contribution in [0.2, 0.25) is 0 Å². The molecule has 0 aliphatic carbocycles. The Labute approximate surface area is 112 Å². The maximum atomic E-state index is 13.3. The summed E-state index contributed by atoms with van der Waals surface area (Å²) in [4.78, 5) is 0. The van der Waals surface area contributed by atoms with Gasteiger partial charge in [-0.25, -0.2) is 8.78 Å². The monoisotopic (exact) mass is 279 g/mol. The molecule has 2 N–H and O–H groups in total. The van der Waals surface area contributed by atoms with Gasteiger partial charge in [0.2, 0.25) is 11.8 Å². The normalized spacial score (nSPS) is 23.3. The van der Waals surface area contributed by atoms with Crippen LogP contribution >= 0.6 is 0 Å². The van der Waals surface area contributed by atoms with E-state index in [-0.39, 0.29) is 29.7 Å². The second-order valence-corrected chi connectivity index (χ2v) is 5.10. The van der Waals surface area contributed by atoms with E-state index >= 15 is 0 Å². The molecule has 3 heterocycles. The van der Waals surface area contributed by atoms with Crippen LogP contribution in [-0.4, -0.2) is 14.8 Å². The molecule has 2 aliphatic rings. The highest BCUT2D eigenvalue weighted by Crippen LogP contribution is 2.58. The van der Waals surface area contributed by atoms with Crippen LogP contribution in [0.25, 0.3) is 5.69 Å². The number of aromatic nitrogens is 1. The van der Waals surface area contributed by atoms with Gasteiger partial charge in [-0.2, -0.15) is 0 Å². The number of aromatic hydroxyl groups is 2. The lowest BCUT2D eigenvalue weighted by Crippen LogP contribution is -1.98. The summed E-state index contributed by atoms with van der Waals surface area (Å²) in [6.07, 6.45) is 1.11. The molecule has 0 unspecified atom stereocenters. The molecule has 0 radical (unpaired) electrons. The van der Waals surface area contributed by atoms with Crippen molar-refractivity contribution in [2.45, 2.75) is 25.0 Å². The van der Waals surface area contributed by atoms with Crippen LogP contribution in [0.3, 0.4) is 0 Å². The van der Waals surface area contributed by atoms with Crippen molar-refractivity contribution in [3.63, 3.8) is 0 Å². The zero-order valence-corrected chi connectivity index (χ0v) is 10.3. The Balaban J connectivity index is 1.94. The average molecular weight is 279 g/mol. The molecule has 0 spiro atoms. The summed E-state index contributed by atoms with van der Waals surface area (Å²) in [6.45, 7) is 0. The van der Waals surface area contributed by atoms with Crippen molar-refractivity contribution in [2.75, 3.05) is 0 Å². The quantitative estimate of drug-likeness (QED) is 0.843. The molecule has 1 fully saturated rings. The van der Waals surface area contributed by atoms with E-state index in [0.29, 0.717) is 11.1 Å². The fourth-order valence-electron chi connectivity index (χ4n) is 3.15. The van der Waals surface area contributed by atoms with E-state index < -0.39 is 11.6 Å². The average Bonchev–Trinajstić information content (AvgIpc) is 3.08. The first-order valence-corrected chi connectivity index (χ1v) is 6.35. The van der Waals surface area contributed by atoms with Crippen LogP contribution in [0, 0.1) is 11.6 Å². The minimum atomic E-state index is -1.03. The van der Waals surface area contributed by atoms with E-state index in [1.54, 1.807) is 0 Å². The summed E-state index contributed by atoms with van der Waals surface area (Å²) in [7, 11) is 0. The van der Waals surface area contributed by atoms with Gasteiger partial charge in [-0.3, -0.25) is 4.57 Å². The number of benzene rings is 1. The van der Waals surface area contributed by atoms with Crippen molar-refractivity contribution in [3.05, 3.63) is 41.0 Å². The van der Waals surface area contributed by atoms with Gasteiger partial charge in [-0.1, -0.05) is 0 Å². The van der Waals surface area contributed by atoms with E-state index in [1.807, 2.05) is 0 Å². The molecule has 1 aromatic heterocycles. The molecule has 2 aliphatic heterocycles. The van der Waals surface area contributed by atoms with E-state index in [0.717, 1.165) is 29.5 Å². The molecule has 104 valence electrons. The van der Waals surface area contributed by atoms with Crippen molar-refractivity contribution in [3.8, 4) is 17.4 Å². The van der Waals surface area contributed by atoms with Crippen LogP contribution in [0.4, 0.5) is 8.78 Å². The largest absolute Gasteiger partial charge is 0.494 e. The number of rotatable bonds is 1. The molecule has 1 aromatic carbocycles. The first-order valence-electron chi connectivity index (χ1n) is 6.35. The van der Waals surface area contributed by atoms with Gasteiger partial charge < -0.3 is 14.9 Å². The van der Waals surface area contributed by atoms with E-state index in [9.17, 15) is 19.0 Å². The standard InChI is InChI=1S/C14H11F2NO3/c15-7-2-1-6(5-8(7)16)17-13(18)11-9-3-4-10(20-9)12(11)14(17)19/h1-2,5,9-10,18-19H,3-4H2/t9-,10+. The molecule has 1 saturated heterocycles. The van der Waals surface area contributed by atoms with Crippen molar-refractivity contribution < 1.29 is 23.7 Å². The van der Waals surface area contributed by atoms with Crippen molar-refractivity contribution in [1.82, 2.24) is 4.57 Å². The summed E-state index contributed by atoms with van der Waals surface area (Å²) in [6, 6.07) is 3.20. The Bertz CT molecular complexity index is 692. The van der Waals surface area contributed by atoms with E-state index in [1.165, 1.54) is 6.07 Å². The molecule has 0 amide bonds. The summed E-state index contributed by atoms with van der Waals surface area (Å²) in [5, 5.41) is 20.5. The molecule has 0 saturated carbocycles. The molecule has 2 aromatic rings. The minimum Gasteiger partial charge on any atom is -0.494 e. The highest BCUT2D eigenvalue weighted by Gasteiger charge is 2.45. The Morgan fingerprint density at radius 3 is 2.15 bits per heavy atom. The first kappa shape index (κ1) is 11.7. The third kappa shape index (κ3) is 1.31. The van der Waals surface area contributed by atoms with Crippen LogP contribution in [0.1, 0.15) is 36.2 Å². The number of hydrogen-bond donors (Lipinski definition) is 2. The summed E-state index contributed by atoms with van der Waals surface area (Å²) in [5.41, 5.74) is 1.29. The lowest BCUT2D eigenvalue weighted by atomic mass is 9.95. The Kier molecular flexibility index (Phi) is 2.18.